The third-order valence-corrected chi connectivity index (χ3v) is 1.79. The van der Waals surface area contributed by atoms with Crippen LogP contribution in [0.4, 0.5) is 4.79 Å². The van der Waals surface area contributed by atoms with Gasteiger partial charge in [0.25, 0.3) is 0 Å². The van der Waals surface area contributed by atoms with E-state index < -0.39 is 37.3 Å². The molecule has 88 valence electrons. The number of carbonyl (C=O) groups is 2. The van der Waals surface area contributed by atoms with Gasteiger partial charge in [-0.15, -0.1) is 0 Å². The standard InChI is InChI=1S/C7H15N3O5/c8-6(15)10-5(14)1-9-7(2-11,3-12)4-13/h9,11-13H,1-4H2,(H3,8,10,14,15). The average molecular weight is 221 g/mol. The molecule has 0 bridgehead atoms. The van der Waals surface area contributed by atoms with Gasteiger partial charge in [-0.1, -0.05) is 0 Å². The normalized spacial score (nSPS) is 11.1. The highest BCUT2D eigenvalue weighted by atomic mass is 16.3. The number of aliphatic hydroxyl groups is 3. The van der Waals surface area contributed by atoms with E-state index in [-0.39, 0.29) is 6.54 Å². The van der Waals surface area contributed by atoms with E-state index in [1.165, 1.54) is 0 Å². The minimum Gasteiger partial charge on any atom is -0.394 e. The lowest BCUT2D eigenvalue weighted by atomic mass is 10.0. The summed E-state index contributed by atoms with van der Waals surface area (Å²) in [5, 5.41) is 30.8. The van der Waals surface area contributed by atoms with Crippen LogP contribution in [0.5, 0.6) is 0 Å². The van der Waals surface area contributed by atoms with Crippen LogP contribution in [0, 0.1) is 0 Å². The van der Waals surface area contributed by atoms with Crippen molar-refractivity contribution < 1.29 is 24.9 Å². The average Bonchev–Trinajstić information content (AvgIpc) is 2.20. The molecule has 0 saturated carbocycles. The van der Waals surface area contributed by atoms with Gasteiger partial charge in [-0.05, 0) is 0 Å². The van der Waals surface area contributed by atoms with Crippen molar-refractivity contribution in [3.63, 3.8) is 0 Å². The first-order chi connectivity index (χ1) is 6.99. The number of hydrogen-bond donors (Lipinski definition) is 6. The van der Waals surface area contributed by atoms with Gasteiger partial charge in [0.15, 0.2) is 0 Å². The van der Waals surface area contributed by atoms with Gasteiger partial charge in [0.05, 0.1) is 31.9 Å². The van der Waals surface area contributed by atoms with Crippen molar-refractivity contribution in [2.45, 2.75) is 5.54 Å². The van der Waals surface area contributed by atoms with Crippen molar-refractivity contribution >= 4 is 11.9 Å². The molecule has 0 atom stereocenters. The number of primary amides is 1. The maximum absolute atomic E-state index is 10.9. The highest BCUT2D eigenvalue weighted by molar-refractivity contribution is 5.94. The molecule has 0 aromatic carbocycles. The fourth-order valence-electron chi connectivity index (χ4n) is 0.767. The van der Waals surface area contributed by atoms with Gasteiger partial charge in [-0.25, -0.2) is 4.79 Å². The van der Waals surface area contributed by atoms with Crippen LogP contribution in [0.1, 0.15) is 0 Å². The number of carbonyl (C=O) groups excluding carboxylic acids is 2. The minimum absolute atomic E-state index is 0.357. The molecule has 8 nitrogen and oxygen atoms in total. The van der Waals surface area contributed by atoms with Crippen LogP contribution in [0.3, 0.4) is 0 Å². The van der Waals surface area contributed by atoms with E-state index >= 15 is 0 Å². The third-order valence-electron chi connectivity index (χ3n) is 1.79. The molecule has 7 N–H and O–H groups in total. The molecule has 0 aliphatic carbocycles. The highest BCUT2D eigenvalue weighted by Crippen LogP contribution is 2.00. The molecular weight excluding hydrogens is 206 g/mol. The lowest BCUT2D eigenvalue weighted by Crippen LogP contribution is -2.57. The van der Waals surface area contributed by atoms with Crippen molar-refractivity contribution in [1.29, 1.82) is 0 Å². The largest absolute Gasteiger partial charge is 0.394 e. The van der Waals surface area contributed by atoms with E-state index in [1.807, 2.05) is 0 Å². The zero-order valence-corrected chi connectivity index (χ0v) is 8.06. The van der Waals surface area contributed by atoms with Crippen LogP contribution in [0.15, 0.2) is 0 Å². The predicted octanol–water partition coefficient (Wildman–Crippen LogP) is -3.51. The number of amides is 3. The summed E-state index contributed by atoms with van der Waals surface area (Å²) in [6.45, 7) is -2.01. The van der Waals surface area contributed by atoms with E-state index in [1.54, 1.807) is 5.32 Å². The van der Waals surface area contributed by atoms with E-state index in [0.29, 0.717) is 0 Å². The Balaban J connectivity index is 4.10. The van der Waals surface area contributed by atoms with Crippen molar-refractivity contribution in [1.82, 2.24) is 10.6 Å². The topological polar surface area (TPSA) is 145 Å². The summed E-state index contributed by atoms with van der Waals surface area (Å²) < 4.78 is 0. The van der Waals surface area contributed by atoms with Gasteiger partial charge in [0.2, 0.25) is 5.91 Å². The van der Waals surface area contributed by atoms with Gasteiger partial charge in [-0.3, -0.25) is 15.4 Å². The second-order valence-corrected chi connectivity index (χ2v) is 3.02. The first kappa shape index (κ1) is 13.8. The molecule has 0 spiro atoms. The second kappa shape index (κ2) is 6.30. The van der Waals surface area contributed by atoms with Gasteiger partial charge < -0.3 is 21.1 Å². The van der Waals surface area contributed by atoms with Gasteiger partial charge in [-0.2, -0.15) is 0 Å². The molecule has 8 heteroatoms. The first-order valence-corrected chi connectivity index (χ1v) is 4.16. The van der Waals surface area contributed by atoms with Crippen LogP contribution in [-0.4, -0.2) is 59.2 Å². The van der Waals surface area contributed by atoms with E-state index in [2.05, 4.69) is 11.1 Å². The Morgan fingerprint density at radius 3 is 1.93 bits per heavy atom. The molecule has 0 aliphatic heterocycles. The van der Waals surface area contributed by atoms with E-state index in [4.69, 9.17) is 15.3 Å². The number of aliphatic hydroxyl groups excluding tert-OH is 3. The molecule has 0 aromatic rings. The molecule has 0 aliphatic rings. The SMILES string of the molecule is NC(=O)NC(=O)CNC(CO)(CO)CO. The summed E-state index contributed by atoms with van der Waals surface area (Å²) in [6, 6.07) is -0.996. The van der Waals surface area contributed by atoms with Crippen molar-refractivity contribution in [2.24, 2.45) is 5.73 Å². The summed E-state index contributed by atoms with van der Waals surface area (Å²) >= 11 is 0. The zero-order chi connectivity index (χ0) is 11.9. The summed E-state index contributed by atoms with van der Waals surface area (Å²) in [6.07, 6.45) is 0. The summed E-state index contributed by atoms with van der Waals surface area (Å²) in [7, 11) is 0. The van der Waals surface area contributed by atoms with E-state index in [9.17, 15) is 9.59 Å². The third kappa shape index (κ3) is 4.70. The monoisotopic (exact) mass is 221 g/mol. The molecular formula is C7H15N3O5. The van der Waals surface area contributed by atoms with Crippen molar-refractivity contribution in [3.05, 3.63) is 0 Å². The molecule has 0 unspecified atom stereocenters. The molecule has 15 heavy (non-hydrogen) atoms. The smallest absolute Gasteiger partial charge is 0.318 e. The maximum Gasteiger partial charge on any atom is 0.318 e. The Kier molecular flexibility index (Phi) is 5.79. The van der Waals surface area contributed by atoms with Gasteiger partial charge >= 0.3 is 6.03 Å². The predicted molar refractivity (Wildman–Crippen MR) is 49.7 cm³/mol. The second-order valence-electron chi connectivity index (χ2n) is 3.02. The summed E-state index contributed by atoms with van der Waals surface area (Å²) in [4.78, 5) is 21.2. The maximum atomic E-state index is 10.9. The summed E-state index contributed by atoms with van der Waals surface area (Å²) in [5.74, 6) is -0.720. The first-order valence-electron chi connectivity index (χ1n) is 4.16. The molecule has 0 radical (unpaired) electrons. The molecule has 0 rings (SSSR count). The number of rotatable bonds is 6. The van der Waals surface area contributed by atoms with Gasteiger partial charge in [0, 0.05) is 0 Å². The lowest BCUT2D eigenvalue weighted by molar-refractivity contribution is -0.119. The minimum atomic E-state index is -1.35. The Labute approximate surface area is 86.1 Å². The number of imide groups is 1. The van der Waals surface area contributed by atoms with Crippen LogP contribution in [0.2, 0.25) is 0 Å². The quantitative estimate of drug-likeness (QED) is 0.274. The van der Waals surface area contributed by atoms with Crippen LogP contribution >= 0.6 is 0 Å². The Bertz CT molecular complexity index is 220. The number of hydrogen-bond acceptors (Lipinski definition) is 6. The highest BCUT2D eigenvalue weighted by Gasteiger charge is 2.27. The van der Waals surface area contributed by atoms with Crippen LogP contribution in [-0.2, 0) is 4.79 Å². The molecule has 0 aromatic heterocycles. The zero-order valence-electron chi connectivity index (χ0n) is 8.06. The Hall–Kier alpha value is -1.22. The fourth-order valence-corrected chi connectivity index (χ4v) is 0.767. The fraction of sp³-hybridized carbons (Fsp3) is 0.714. The van der Waals surface area contributed by atoms with E-state index in [0.717, 1.165) is 0 Å². The lowest BCUT2D eigenvalue weighted by Gasteiger charge is -2.28. The molecule has 0 fully saturated rings. The molecule has 0 heterocycles. The van der Waals surface area contributed by atoms with Crippen molar-refractivity contribution in [3.8, 4) is 0 Å². The van der Waals surface area contributed by atoms with Crippen molar-refractivity contribution in [2.75, 3.05) is 26.4 Å². The number of urea groups is 1. The molecule has 3 amide bonds. The van der Waals surface area contributed by atoms with Crippen LogP contribution in [0.25, 0.3) is 0 Å². The summed E-state index contributed by atoms with van der Waals surface area (Å²) in [5.41, 5.74) is 3.33. The Morgan fingerprint density at radius 2 is 1.60 bits per heavy atom. The molecule has 0 saturated heterocycles. The number of nitrogens with two attached hydrogens (primary N) is 1. The van der Waals surface area contributed by atoms with Gasteiger partial charge in [0.1, 0.15) is 0 Å². The number of nitrogens with one attached hydrogen (secondary N) is 2. The Morgan fingerprint density at radius 1 is 1.13 bits per heavy atom. The van der Waals surface area contributed by atoms with Crippen LogP contribution < -0.4 is 16.4 Å².